The van der Waals surface area contributed by atoms with E-state index < -0.39 is 50.1 Å². The van der Waals surface area contributed by atoms with E-state index in [4.69, 9.17) is 20.4 Å². The molecule has 0 spiro atoms. The lowest BCUT2D eigenvalue weighted by Crippen LogP contribution is -2.45. The lowest BCUT2D eigenvalue weighted by Gasteiger charge is -2.28. The molecule has 0 amide bonds. The van der Waals surface area contributed by atoms with Crippen molar-refractivity contribution in [2.24, 2.45) is 0 Å². The Bertz CT molecular complexity index is 624. The summed E-state index contributed by atoms with van der Waals surface area (Å²) in [5.74, 6) is -4.58. The lowest BCUT2D eigenvalue weighted by atomic mass is 10.3. The molecule has 0 saturated carbocycles. The minimum absolute atomic E-state index is 0.162. The zero-order valence-corrected chi connectivity index (χ0v) is 16.5. The molecule has 0 aliphatic heterocycles. The van der Waals surface area contributed by atoms with E-state index in [0.29, 0.717) is 26.2 Å². The fraction of sp³-hybridized carbons (Fsp3) is 0.588. The van der Waals surface area contributed by atoms with Gasteiger partial charge in [-0.05, 0) is 6.07 Å². The molecule has 1 heterocycles. The second-order valence-electron chi connectivity index (χ2n) is 6.61. The average Bonchev–Trinajstić information content (AvgIpc) is 3.12. The maximum Gasteiger partial charge on any atom is 0.317 e. The highest BCUT2D eigenvalue weighted by Gasteiger charge is 2.18. The summed E-state index contributed by atoms with van der Waals surface area (Å²) in [7, 11) is 0. The molecule has 0 fully saturated rings. The van der Waals surface area contributed by atoms with E-state index in [-0.39, 0.29) is 13.1 Å². The second kappa shape index (κ2) is 13.2. The maximum atomic E-state index is 11.0. The normalized spacial score (nSPS) is 11.3. The fourth-order valence-corrected chi connectivity index (χ4v) is 2.77. The molecule has 0 saturated heterocycles. The third kappa shape index (κ3) is 11.7. The Morgan fingerprint density at radius 1 is 0.667 bits per heavy atom. The summed E-state index contributed by atoms with van der Waals surface area (Å²) in [5, 5.41) is 39.9. The SMILES string of the molecule is O=C(O)CN(CCN(CCN(CC(=O)O)CC(=O)O)CCn1cccn1)CC(=O)O. The molecule has 1 aromatic rings. The van der Waals surface area contributed by atoms with Gasteiger partial charge in [0.2, 0.25) is 0 Å². The van der Waals surface area contributed by atoms with Crippen molar-refractivity contribution in [3.8, 4) is 0 Å². The summed E-state index contributed by atoms with van der Waals surface area (Å²) < 4.78 is 1.69. The van der Waals surface area contributed by atoms with Crippen LogP contribution in [0, 0.1) is 0 Å². The van der Waals surface area contributed by atoms with Gasteiger partial charge in [0.05, 0.1) is 32.7 Å². The van der Waals surface area contributed by atoms with Gasteiger partial charge in [-0.3, -0.25) is 38.6 Å². The summed E-state index contributed by atoms with van der Waals surface area (Å²) in [4.78, 5) is 48.3. The molecule has 13 nitrogen and oxygen atoms in total. The van der Waals surface area contributed by atoms with Crippen LogP contribution in [0.25, 0.3) is 0 Å². The van der Waals surface area contributed by atoms with Crippen LogP contribution in [-0.4, -0.2) is 128 Å². The monoisotopic (exact) mass is 429 g/mol. The molecule has 0 bridgehead atoms. The highest BCUT2D eigenvalue weighted by Crippen LogP contribution is 1.98. The van der Waals surface area contributed by atoms with Gasteiger partial charge in [-0.15, -0.1) is 0 Å². The van der Waals surface area contributed by atoms with E-state index in [1.54, 1.807) is 23.1 Å². The number of nitrogens with zero attached hydrogens (tertiary/aromatic N) is 5. The van der Waals surface area contributed by atoms with Crippen molar-refractivity contribution >= 4 is 23.9 Å². The Morgan fingerprint density at radius 3 is 1.40 bits per heavy atom. The van der Waals surface area contributed by atoms with Crippen LogP contribution in [0.5, 0.6) is 0 Å². The number of carbonyl (C=O) groups is 4. The van der Waals surface area contributed by atoms with Crippen molar-refractivity contribution in [3.63, 3.8) is 0 Å². The fourth-order valence-electron chi connectivity index (χ4n) is 2.77. The van der Waals surface area contributed by atoms with Gasteiger partial charge >= 0.3 is 23.9 Å². The summed E-state index contributed by atoms with van der Waals surface area (Å²) in [6.07, 6.45) is 3.38. The van der Waals surface area contributed by atoms with Gasteiger partial charge in [0.1, 0.15) is 0 Å². The molecule has 0 unspecified atom stereocenters. The lowest BCUT2D eigenvalue weighted by molar-refractivity contribution is -0.143. The molecule has 168 valence electrons. The summed E-state index contributed by atoms with van der Waals surface area (Å²) >= 11 is 0. The Kier molecular flexibility index (Phi) is 11.0. The molecule has 0 atom stereocenters. The zero-order valence-electron chi connectivity index (χ0n) is 16.5. The van der Waals surface area contributed by atoms with E-state index >= 15 is 0 Å². The van der Waals surface area contributed by atoms with Gasteiger partial charge in [-0.1, -0.05) is 0 Å². The van der Waals surface area contributed by atoms with E-state index in [2.05, 4.69) is 5.10 Å². The summed E-state index contributed by atoms with van der Waals surface area (Å²) in [6, 6.07) is 1.76. The van der Waals surface area contributed by atoms with E-state index in [1.165, 1.54) is 9.80 Å². The molecular weight excluding hydrogens is 402 g/mol. The van der Waals surface area contributed by atoms with Gasteiger partial charge in [0.25, 0.3) is 0 Å². The first-order valence-corrected chi connectivity index (χ1v) is 9.17. The van der Waals surface area contributed by atoms with E-state index in [9.17, 15) is 19.2 Å². The summed E-state index contributed by atoms with van der Waals surface area (Å²) in [5.41, 5.74) is 0. The highest BCUT2D eigenvalue weighted by atomic mass is 16.4. The number of rotatable bonds is 17. The number of aliphatic carboxylic acids is 4. The smallest absolute Gasteiger partial charge is 0.317 e. The van der Waals surface area contributed by atoms with Crippen LogP contribution in [0.2, 0.25) is 0 Å². The number of carboxylic acid groups (broad SMARTS) is 4. The van der Waals surface area contributed by atoms with E-state index in [0.717, 1.165) is 0 Å². The van der Waals surface area contributed by atoms with Crippen molar-refractivity contribution in [2.75, 3.05) is 58.9 Å². The molecule has 0 aliphatic rings. The number of hydrogen-bond acceptors (Lipinski definition) is 8. The van der Waals surface area contributed by atoms with Crippen molar-refractivity contribution in [3.05, 3.63) is 18.5 Å². The third-order valence-corrected chi connectivity index (χ3v) is 4.10. The third-order valence-electron chi connectivity index (χ3n) is 4.10. The number of hydrogen-bond donors (Lipinski definition) is 4. The molecular formula is C17H27N5O8. The molecule has 0 aromatic carbocycles. The average molecular weight is 429 g/mol. The molecule has 1 rings (SSSR count). The zero-order chi connectivity index (χ0) is 22.5. The minimum Gasteiger partial charge on any atom is -0.480 e. The van der Waals surface area contributed by atoms with Crippen LogP contribution < -0.4 is 0 Å². The Labute approximate surface area is 172 Å². The molecule has 0 radical (unpaired) electrons. The Balaban J connectivity index is 2.73. The van der Waals surface area contributed by atoms with Crippen LogP contribution in [0.1, 0.15) is 0 Å². The van der Waals surface area contributed by atoms with Crippen LogP contribution in [0.3, 0.4) is 0 Å². The standard InChI is InChI=1S/C17H27N5O8/c23-14(24)10-20(11-15(25)26)6-4-19(8-9-22-3-1-2-18-22)5-7-21(12-16(27)28)13-17(29)30/h1-3H,4-13H2,(H,23,24)(H,25,26)(H,27,28)(H,29,30). The first-order valence-electron chi connectivity index (χ1n) is 9.17. The molecule has 0 aliphatic carbocycles. The van der Waals surface area contributed by atoms with Gasteiger partial charge in [0, 0.05) is 45.1 Å². The molecule has 4 N–H and O–H groups in total. The van der Waals surface area contributed by atoms with Crippen molar-refractivity contribution in [2.45, 2.75) is 6.54 Å². The largest absolute Gasteiger partial charge is 0.480 e. The van der Waals surface area contributed by atoms with Crippen LogP contribution in [0.4, 0.5) is 0 Å². The Morgan fingerprint density at radius 2 is 1.07 bits per heavy atom. The van der Waals surface area contributed by atoms with Gasteiger partial charge in [0.15, 0.2) is 0 Å². The molecule has 13 heteroatoms. The van der Waals surface area contributed by atoms with Crippen molar-refractivity contribution in [1.29, 1.82) is 0 Å². The first-order chi connectivity index (χ1) is 14.2. The number of aromatic nitrogens is 2. The van der Waals surface area contributed by atoms with Crippen LogP contribution in [0.15, 0.2) is 18.5 Å². The van der Waals surface area contributed by atoms with Gasteiger partial charge in [-0.25, -0.2) is 0 Å². The minimum atomic E-state index is -1.14. The van der Waals surface area contributed by atoms with Crippen LogP contribution in [-0.2, 0) is 25.7 Å². The molecule has 1 aromatic heterocycles. The predicted molar refractivity (Wildman–Crippen MR) is 102 cm³/mol. The Hall–Kier alpha value is -3.03. The molecule has 30 heavy (non-hydrogen) atoms. The number of carboxylic acids is 4. The predicted octanol–water partition coefficient (Wildman–Crippen LogP) is -1.87. The van der Waals surface area contributed by atoms with Crippen molar-refractivity contribution in [1.82, 2.24) is 24.5 Å². The quantitative estimate of drug-likeness (QED) is 0.217. The topological polar surface area (TPSA) is 177 Å². The highest BCUT2D eigenvalue weighted by molar-refractivity contribution is 5.73. The summed E-state index contributed by atoms with van der Waals surface area (Å²) in [6.45, 7) is 0.225. The second-order valence-corrected chi connectivity index (χ2v) is 6.61. The first kappa shape index (κ1) is 25.0. The van der Waals surface area contributed by atoms with Gasteiger partial charge < -0.3 is 20.4 Å². The van der Waals surface area contributed by atoms with Gasteiger partial charge in [-0.2, -0.15) is 5.10 Å². The maximum absolute atomic E-state index is 11.0. The van der Waals surface area contributed by atoms with Crippen molar-refractivity contribution < 1.29 is 39.6 Å². The van der Waals surface area contributed by atoms with Crippen LogP contribution >= 0.6 is 0 Å². The van der Waals surface area contributed by atoms with E-state index in [1.807, 2.05) is 4.90 Å².